The van der Waals surface area contributed by atoms with Crippen LogP contribution in [0.15, 0.2) is 36.4 Å². The van der Waals surface area contributed by atoms with Gasteiger partial charge >= 0.3 is 6.09 Å². The molecule has 162 valence electrons. The van der Waals surface area contributed by atoms with Gasteiger partial charge in [-0.2, -0.15) is 0 Å². The van der Waals surface area contributed by atoms with Crippen LogP contribution >= 0.6 is 11.6 Å². The predicted octanol–water partition coefficient (Wildman–Crippen LogP) is 3.74. The molecule has 0 aromatic heterocycles. The molecule has 7 nitrogen and oxygen atoms in total. The highest BCUT2D eigenvalue weighted by Gasteiger charge is 2.21. The van der Waals surface area contributed by atoms with Gasteiger partial charge in [-0.05, 0) is 23.8 Å². The summed E-state index contributed by atoms with van der Waals surface area (Å²) in [6.07, 6.45) is -0.482. The molecule has 1 amide bonds. The Morgan fingerprint density at radius 1 is 1.00 bits per heavy atom. The van der Waals surface area contributed by atoms with Gasteiger partial charge in [0.15, 0.2) is 11.5 Å². The van der Waals surface area contributed by atoms with Crippen molar-refractivity contribution in [2.24, 2.45) is 0 Å². The third kappa shape index (κ3) is 5.09. The number of benzene rings is 2. The summed E-state index contributed by atoms with van der Waals surface area (Å²) in [7, 11) is 6.49. The fourth-order valence-corrected chi connectivity index (χ4v) is 3.62. The number of methoxy groups -OCH3 is 2. The van der Waals surface area contributed by atoms with Crippen LogP contribution in [-0.4, -0.2) is 70.4 Å². The van der Waals surface area contributed by atoms with Crippen molar-refractivity contribution < 1.29 is 19.0 Å². The van der Waals surface area contributed by atoms with E-state index in [1.807, 2.05) is 24.3 Å². The number of halogens is 1. The Morgan fingerprint density at radius 2 is 1.67 bits per heavy atom. The minimum absolute atomic E-state index is 0.311. The van der Waals surface area contributed by atoms with Gasteiger partial charge in [0.25, 0.3) is 0 Å². The first-order valence-corrected chi connectivity index (χ1v) is 10.2. The molecule has 0 aliphatic carbocycles. The van der Waals surface area contributed by atoms with Crippen LogP contribution < -0.4 is 19.1 Å². The molecule has 0 bridgehead atoms. The zero-order valence-corrected chi connectivity index (χ0v) is 18.6. The van der Waals surface area contributed by atoms with Crippen LogP contribution in [-0.2, 0) is 6.54 Å². The van der Waals surface area contributed by atoms with Crippen molar-refractivity contribution in [1.29, 1.82) is 0 Å². The lowest BCUT2D eigenvalue weighted by Crippen LogP contribution is -2.46. The van der Waals surface area contributed by atoms with Gasteiger partial charge in [0.05, 0.1) is 19.9 Å². The molecule has 0 unspecified atom stereocenters. The lowest BCUT2D eigenvalue weighted by Gasteiger charge is -2.36. The zero-order chi connectivity index (χ0) is 21.7. The number of hydrogen-bond acceptors (Lipinski definition) is 6. The first-order chi connectivity index (χ1) is 14.4. The second-order valence-corrected chi connectivity index (χ2v) is 7.70. The fraction of sp³-hybridized carbons (Fsp3) is 0.409. The highest BCUT2D eigenvalue weighted by molar-refractivity contribution is 6.31. The molecule has 30 heavy (non-hydrogen) atoms. The van der Waals surface area contributed by atoms with E-state index >= 15 is 0 Å². The van der Waals surface area contributed by atoms with Gasteiger partial charge in [-0.15, -0.1) is 0 Å². The third-order valence-corrected chi connectivity index (χ3v) is 5.44. The van der Waals surface area contributed by atoms with Crippen molar-refractivity contribution in [3.05, 3.63) is 47.0 Å². The van der Waals surface area contributed by atoms with Crippen molar-refractivity contribution in [3.8, 4) is 17.2 Å². The number of ether oxygens (including phenoxy) is 3. The highest BCUT2D eigenvalue weighted by Crippen LogP contribution is 2.35. The summed E-state index contributed by atoms with van der Waals surface area (Å²) in [5, 5.41) is 0.546. The molecule has 0 atom stereocenters. The van der Waals surface area contributed by atoms with Crippen LogP contribution in [0.4, 0.5) is 10.5 Å². The van der Waals surface area contributed by atoms with Gasteiger partial charge in [0, 0.05) is 57.9 Å². The van der Waals surface area contributed by atoms with Crippen molar-refractivity contribution in [1.82, 2.24) is 9.80 Å². The molecule has 3 rings (SSSR count). The van der Waals surface area contributed by atoms with Crippen molar-refractivity contribution >= 4 is 23.4 Å². The Kier molecular flexibility index (Phi) is 7.29. The molecule has 0 N–H and O–H groups in total. The molecule has 2 aromatic rings. The summed E-state index contributed by atoms with van der Waals surface area (Å²) in [6, 6.07) is 11.6. The first-order valence-electron chi connectivity index (χ1n) is 9.78. The Balaban J connectivity index is 1.66. The van der Waals surface area contributed by atoms with E-state index < -0.39 is 6.09 Å². The Bertz CT molecular complexity index is 883. The standard InChI is InChI=1S/C22H28ClN3O4/c1-24(2)22(27)30-21-14-17(23)16(13-20(21)29-4)15-25-9-11-26(12-10-25)18-7-5-6-8-19(18)28-3/h5-8,13-14H,9-12,15H2,1-4H3. The lowest BCUT2D eigenvalue weighted by molar-refractivity contribution is 0.170. The molecule has 8 heteroatoms. The summed E-state index contributed by atoms with van der Waals surface area (Å²) >= 11 is 6.49. The van der Waals surface area contributed by atoms with Crippen molar-refractivity contribution in [2.45, 2.75) is 6.54 Å². The van der Waals surface area contributed by atoms with Gasteiger partial charge in [-0.3, -0.25) is 4.90 Å². The third-order valence-electron chi connectivity index (χ3n) is 5.09. The van der Waals surface area contributed by atoms with Gasteiger partial charge in [0.1, 0.15) is 5.75 Å². The SMILES string of the molecule is COc1cc(CN2CCN(c3ccccc3OC)CC2)c(Cl)cc1OC(=O)N(C)C. The maximum Gasteiger partial charge on any atom is 0.414 e. The maximum atomic E-state index is 11.9. The lowest BCUT2D eigenvalue weighted by atomic mass is 10.1. The Morgan fingerprint density at radius 3 is 2.30 bits per heavy atom. The fourth-order valence-electron chi connectivity index (χ4n) is 3.40. The van der Waals surface area contributed by atoms with Gasteiger partial charge in [0.2, 0.25) is 0 Å². The number of carbonyl (C=O) groups excluding carboxylic acids is 1. The summed E-state index contributed by atoms with van der Waals surface area (Å²) in [5.74, 6) is 1.68. The summed E-state index contributed by atoms with van der Waals surface area (Å²) in [6.45, 7) is 4.28. The summed E-state index contributed by atoms with van der Waals surface area (Å²) < 4.78 is 16.3. The average molecular weight is 434 g/mol. The van der Waals surface area contributed by atoms with E-state index in [2.05, 4.69) is 15.9 Å². The molecule has 2 aromatic carbocycles. The van der Waals surface area contributed by atoms with Crippen molar-refractivity contribution in [3.63, 3.8) is 0 Å². The van der Waals surface area contributed by atoms with Crippen LogP contribution in [0.5, 0.6) is 17.2 Å². The second kappa shape index (κ2) is 9.91. The van der Waals surface area contributed by atoms with Crippen LogP contribution in [0, 0.1) is 0 Å². The number of hydrogen-bond donors (Lipinski definition) is 0. The molecule has 1 fully saturated rings. The molecule has 1 heterocycles. The van der Waals surface area contributed by atoms with Gasteiger partial charge in [-0.1, -0.05) is 23.7 Å². The van der Waals surface area contributed by atoms with E-state index in [1.54, 1.807) is 34.4 Å². The molecule has 0 saturated carbocycles. The highest BCUT2D eigenvalue weighted by atomic mass is 35.5. The van der Waals surface area contributed by atoms with E-state index in [9.17, 15) is 4.79 Å². The maximum absolute atomic E-state index is 11.9. The number of carbonyl (C=O) groups is 1. The number of piperazine rings is 1. The summed E-state index contributed by atoms with van der Waals surface area (Å²) in [4.78, 5) is 17.9. The number of nitrogens with zero attached hydrogens (tertiary/aromatic N) is 3. The topological polar surface area (TPSA) is 54.5 Å². The molecular weight excluding hydrogens is 406 g/mol. The van der Waals surface area contributed by atoms with Crippen LogP contribution in [0.1, 0.15) is 5.56 Å². The van der Waals surface area contributed by atoms with E-state index in [4.69, 9.17) is 25.8 Å². The second-order valence-electron chi connectivity index (χ2n) is 7.29. The Hall–Kier alpha value is -2.64. The monoisotopic (exact) mass is 433 g/mol. The first kappa shape index (κ1) is 22.1. The average Bonchev–Trinajstić information content (AvgIpc) is 2.76. The van der Waals surface area contributed by atoms with E-state index in [0.717, 1.165) is 43.2 Å². The molecule has 0 radical (unpaired) electrons. The number of amides is 1. The number of para-hydroxylation sites is 2. The van der Waals surface area contributed by atoms with E-state index in [1.165, 1.54) is 4.90 Å². The minimum atomic E-state index is -0.482. The predicted molar refractivity (Wildman–Crippen MR) is 118 cm³/mol. The molecular formula is C22H28ClN3O4. The van der Waals surface area contributed by atoms with Crippen LogP contribution in [0.2, 0.25) is 5.02 Å². The van der Waals surface area contributed by atoms with Crippen molar-refractivity contribution in [2.75, 3.05) is 59.4 Å². The Labute approximate surface area is 182 Å². The zero-order valence-electron chi connectivity index (χ0n) is 17.9. The summed E-state index contributed by atoms with van der Waals surface area (Å²) in [5.41, 5.74) is 2.05. The quantitative estimate of drug-likeness (QED) is 0.691. The number of rotatable bonds is 6. The molecule has 0 spiro atoms. The number of anilines is 1. The van der Waals surface area contributed by atoms with Gasteiger partial charge < -0.3 is 24.0 Å². The minimum Gasteiger partial charge on any atom is -0.495 e. The largest absolute Gasteiger partial charge is 0.495 e. The van der Waals surface area contributed by atoms with Crippen LogP contribution in [0.3, 0.4) is 0 Å². The molecule has 1 aliphatic heterocycles. The van der Waals surface area contributed by atoms with Crippen LogP contribution in [0.25, 0.3) is 0 Å². The molecule has 1 saturated heterocycles. The van der Waals surface area contributed by atoms with E-state index in [-0.39, 0.29) is 0 Å². The smallest absolute Gasteiger partial charge is 0.414 e. The normalized spacial score (nSPS) is 14.4. The van der Waals surface area contributed by atoms with E-state index in [0.29, 0.717) is 23.1 Å². The van der Waals surface area contributed by atoms with Gasteiger partial charge in [-0.25, -0.2) is 4.79 Å². The molecule has 1 aliphatic rings.